The van der Waals surface area contributed by atoms with Gasteiger partial charge >= 0.3 is 0 Å². The number of nitrogens with zero attached hydrogens (tertiary/aromatic N) is 2. The molecule has 116 valence electrons. The van der Waals surface area contributed by atoms with Crippen molar-refractivity contribution in [3.8, 4) is 0 Å². The Balaban J connectivity index is 1.85. The highest BCUT2D eigenvalue weighted by atomic mass is 79.9. The van der Waals surface area contributed by atoms with Crippen LogP contribution in [-0.4, -0.2) is 48.1 Å². The van der Waals surface area contributed by atoms with E-state index >= 15 is 0 Å². The van der Waals surface area contributed by atoms with E-state index < -0.39 is 0 Å². The molecule has 2 fully saturated rings. The van der Waals surface area contributed by atoms with Gasteiger partial charge in [0.05, 0.1) is 0 Å². The Labute approximate surface area is 134 Å². The normalized spacial score (nSPS) is 28.6. The Kier molecular flexibility index (Phi) is 4.64. The van der Waals surface area contributed by atoms with E-state index in [2.05, 4.69) is 32.7 Å². The molecule has 3 rings (SSSR count). The topological polar surface area (TPSA) is 32.5 Å². The third kappa shape index (κ3) is 3.02. The zero-order valence-corrected chi connectivity index (χ0v) is 14.0. The summed E-state index contributed by atoms with van der Waals surface area (Å²) in [4.78, 5) is 5.11. The van der Waals surface area contributed by atoms with E-state index in [1.165, 1.54) is 31.5 Å². The van der Waals surface area contributed by atoms with Crippen molar-refractivity contribution in [3.63, 3.8) is 0 Å². The lowest BCUT2D eigenvalue weighted by molar-refractivity contribution is 0.0294. The van der Waals surface area contributed by atoms with Gasteiger partial charge in [-0.05, 0) is 44.0 Å². The first-order chi connectivity index (χ1) is 10.1. The van der Waals surface area contributed by atoms with Gasteiger partial charge in [-0.3, -0.25) is 9.80 Å². The molecule has 3 unspecified atom stereocenters. The lowest BCUT2D eigenvalue weighted by atomic mass is 9.99. The molecule has 0 spiro atoms. The second-order valence-corrected chi connectivity index (χ2v) is 7.11. The van der Waals surface area contributed by atoms with Crippen LogP contribution in [0.3, 0.4) is 0 Å². The molecular formula is C16H23BrFN3. The summed E-state index contributed by atoms with van der Waals surface area (Å²) in [7, 11) is 0. The summed E-state index contributed by atoms with van der Waals surface area (Å²) in [6.45, 7) is 6.24. The smallest absolute Gasteiger partial charge is 0.124 e. The number of rotatable bonds is 3. The van der Waals surface area contributed by atoms with Crippen LogP contribution in [0.5, 0.6) is 0 Å². The molecule has 0 aliphatic carbocycles. The van der Waals surface area contributed by atoms with Gasteiger partial charge in [0.25, 0.3) is 0 Å². The summed E-state index contributed by atoms with van der Waals surface area (Å²) in [6.07, 6.45) is 2.59. The Morgan fingerprint density at radius 3 is 2.95 bits per heavy atom. The number of piperazine rings is 1. The first-order valence-corrected chi connectivity index (χ1v) is 8.54. The van der Waals surface area contributed by atoms with Crippen molar-refractivity contribution in [2.45, 2.75) is 37.9 Å². The second-order valence-electron chi connectivity index (χ2n) is 6.25. The second kappa shape index (κ2) is 6.32. The van der Waals surface area contributed by atoms with Crippen LogP contribution in [0, 0.1) is 5.82 Å². The zero-order valence-electron chi connectivity index (χ0n) is 12.4. The maximum absolute atomic E-state index is 13.3. The number of benzene rings is 1. The number of nitrogens with two attached hydrogens (primary N) is 1. The quantitative estimate of drug-likeness (QED) is 0.904. The lowest BCUT2D eigenvalue weighted by Gasteiger charge is -2.46. The molecule has 0 aromatic heterocycles. The van der Waals surface area contributed by atoms with Crippen LogP contribution in [0.2, 0.25) is 0 Å². The molecule has 5 heteroatoms. The zero-order chi connectivity index (χ0) is 15.0. The minimum atomic E-state index is -0.213. The lowest BCUT2D eigenvalue weighted by Crippen LogP contribution is -2.56. The van der Waals surface area contributed by atoms with Crippen molar-refractivity contribution in [2.24, 2.45) is 5.73 Å². The van der Waals surface area contributed by atoms with Gasteiger partial charge in [-0.1, -0.05) is 22.0 Å². The fraction of sp³-hybridized carbons (Fsp3) is 0.625. The molecule has 2 saturated heterocycles. The molecule has 0 radical (unpaired) electrons. The predicted molar refractivity (Wildman–Crippen MR) is 86.7 cm³/mol. The van der Waals surface area contributed by atoms with Crippen LogP contribution in [0.25, 0.3) is 0 Å². The van der Waals surface area contributed by atoms with Gasteiger partial charge in [-0.15, -0.1) is 0 Å². The summed E-state index contributed by atoms with van der Waals surface area (Å²) < 4.78 is 14.1. The standard InChI is InChI=1S/C16H23BrFN3/c1-11-9-20-6-2-3-13(20)10-21(11)16(8-19)14-5-4-12(18)7-15(14)17/h4-5,7,11,13,16H,2-3,6,8-10,19H2,1H3. The number of halogens is 2. The Hall–Kier alpha value is -0.490. The van der Waals surface area contributed by atoms with Crippen LogP contribution in [-0.2, 0) is 0 Å². The highest BCUT2D eigenvalue weighted by Crippen LogP contribution is 2.33. The molecule has 0 amide bonds. The number of hydrogen-bond acceptors (Lipinski definition) is 3. The van der Waals surface area contributed by atoms with Crippen molar-refractivity contribution in [1.29, 1.82) is 0 Å². The van der Waals surface area contributed by atoms with Crippen molar-refractivity contribution < 1.29 is 4.39 Å². The molecular weight excluding hydrogens is 333 g/mol. The fourth-order valence-corrected chi connectivity index (χ4v) is 4.47. The van der Waals surface area contributed by atoms with Crippen LogP contribution in [0.1, 0.15) is 31.4 Å². The summed E-state index contributed by atoms with van der Waals surface area (Å²) >= 11 is 3.50. The van der Waals surface area contributed by atoms with Crippen LogP contribution in [0.15, 0.2) is 22.7 Å². The first kappa shape index (κ1) is 15.4. The van der Waals surface area contributed by atoms with E-state index in [0.717, 1.165) is 23.1 Å². The fourth-order valence-electron chi connectivity index (χ4n) is 3.86. The number of fused-ring (bicyclic) bond motifs is 1. The highest BCUT2D eigenvalue weighted by molar-refractivity contribution is 9.10. The third-order valence-corrected chi connectivity index (χ3v) is 5.62. The largest absolute Gasteiger partial charge is 0.329 e. The van der Waals surface area contributed by atoms with E-state index in [4.69, 9.17) is 5.73 Å². The molecule has 0 bridgehead atoms. The van der Waals surface area contributed by atoms with Crippen LogP contribution in [0.4, 0.5) is 4.39 Å². The minimum absolute atomic E-state index is 0.151. The molecule has 2 aliphatic heterocycles. The SMILES string of the molecule is CC1CN2CCCC2CN1C(CN)c1ccc(F)cc1Br. The Morgan fingerprint density at radius 2 is 2.24 bits per heavy atom. The molecule has 2 aliphatic rings. The van der Waals surface area contributed by atoms with Gasteiger partial charge in [0.1, 0.15) is 5.82 Å². The van der Waals surface area contributed by atoms with E-state index in [1.807, 2.05) is 6.07 Å². The molecule has 1 aromatic carbocycles. The van der Waals surface area contributed by atoms with Gasteiger partial charge in [0.2, 0.25) is 0 Å². The molecule has 3 atom stereocenters. The maximum Gasteiger partial charge on any atom is 0.124 e. The average molecular weight is 356 g/mol. The van der Waals surface area contributed by atoms with Gasteiger partial charge < -0.3 is 5.73 Å². The van der Waals surface area contributed by atoms with Crippen molar-refractivity contribution >= 4 is 15.9 Å². The summed E-state index contributed by atoms with van der Waals surface area (Å²) in [5.74, 6) is -0.213. The van der Waals surface area contributed by atoms with Crippen molar-refractivity contribution in [1.82, 2.24) is 9.80 Å². The van der Waals surface area contributed by atoms with Gasteiger partial charge in [-0.2, -0.15) is 0 Å². The van der Waals surface area contributed by atoms with E-state index in [1.54, 1.807) is 0 Å². The molecule has 2 heterocycles. The highest BCUT2D eigenvalue weighted by Gasteiger charge is 2.37. The molecule has 21 heavy (non-hydrogen) atoms. The van der Waals surface area contributed by atoms with Crippen LogP contribution >= 0.6 is 15.9 Å². The minimum Gasteiger partial charge on any atom is -0.329 e. The van der Waals surface area contributed by atoms with Crippen molar-refractivity contribution in [3.05, 3.63) is 34.1 Å². The third-order valence-electron chi connectivity index (χ3n) is 4.93. The monoisotopic (exact) mass is 355 g/mol. The molecule has 1 aromatic rings. The number of hydrogen-bond donors (Lipinski definition) is 1. The van der Waals surface area contributed by atoms with Gasteiger partial charge in [0, 0.05) is 42.2 Å². The maximum atomic E-state index is 13.3. The summed E-state index contributed by atoms with van der Waals surface area (Å²) in [6, 6.07) is 6.22. The first-order valence-electron chi connectivity index (χ1n) is 7.75. The summed E-state index contributed by atoms with van der Waals surface area (Å²) in [5, 5.41) is 0. The summed E-state index contributed by atoms with van der Waals surface area (Å²) in [5.41, 5.74) is 7.17. The van der Waals surface area contributed by atoms with Crippen LogP contribution < -0.4 is 5.73 Å². The predicted octanol–water partition coefficient (Wildman–Crippen LogP) is 2.76. The molecule has 2 N–H and O–H groups in total. The van der Waals surface area contributed by atoms with E-state index in [0.29, 0.717) is 18.6 Å². The van der Waals surface area contributed by atoms with Crippen molar-refractivity contribution in [2.75, 3.05) is 26.2 Å². The van der Waals surface area contributed by atoms with Gasteiger partial charge in [0.15, 0.2) is 0 Å². The molecule has 3 nitrogen and oxygen atoms in total. The Morgan fingerprint density at radius 1 is 1.43 bits per heavy atom. The van der Waals surface area contributed by atoms with E-state index in [-0.39, 0.29) is 11.9 Å². The van der Waals surface area contributed by atoms with Gasteiger partial charge in [-0.25, -0.2) is 4.39 Å². The average Bonchev–Trinajstić information content (AvgIpc) is 2.89. The van der Waals surface area contributed by atoms with E-state index in [9.17, 15) is 4.39 Å². The molecule has 0 saturated carbocycles. The Bertz CT molecular complexity index is 510.